The zero-order valence-corrected chi connectivity index (χ0v) is 20.9. The van der Waals surface area contributed by atoms with Crippen molar-refractivity contribution in [3.05, 3.63) is 83.9 Å². The second kappa shape index (κ2) is 10.3. The van der Waals surface area contributed by atoms with Gasteiger partial charge in [0.15, 0.2) is 5.82 Å². The Morgan fingerprint density at radius 3 is 2.43 bits per heavy atom. The summed E-state index contributed by atoms with van der Waals surface area (Å²) >= 11 is 0. The monoisotopic (exact) mass is 491 g/mol. The minimum absolute atomic E-state index is 0.217. The Hall–Kier alpha value is -4.97. The summed E-state index contributed by atoms with van der Waals surface area (Å²) in [5.41, 5.74) is 3.91. The van der Waals surface area contributed by atoms with Crippen LogP contribution in [0.15, 0.2) is 67.1 Å². The van der Waals surface area contributed by atoms with E-state index < -0.39 is 5.41 Å². The highest BCUT2D eigenvalue weighted by molar-refractivity contribution is 6.04. The number of hydrogen-bond donors (Lipinski definition) is 2. The first-order valence-electron chi connectivity index (χ1n) is 11.5. The molecule has 1 aromatic carbocycles. The lowest BCUT2D eigenvalue weighted by atomic mass is 9.90. The number of nitrogens with zero attached hydrogens (tertiary/aromatic N) is 5. The van der Waals surface area contributed by atoms with Gasteiger partial charge in [0.2, 0.25) is 5.91 Å². The minimum atomic E-state index is -0.810. The van der Waals surface area contributed by atoms with Crippen molar-refractivity contribution >= 4 is 23.3 Å². The van der Waals surface area contributed by atoms with Gasteiger partial charge in [-0.25, -0.2) is 15.0 Å². The molecule has 2 amide bonds. The van der Waals surface area contributed by atoms with Gasteiger partial charge in [0.05, 0.1) is 22.9 Å². The molecule has 37 heavy (non-hydrogen) atoms. The van der Waals surface area contributed by atoms with Crippen molar-refractivity contribution in [3.8, 4) is 28.7 Å². The van der Waals surface area contributed by atoms with Crippen LogP contribution in [-0.4, -0.2) is 31.8 Å². The third kappa shape index (κ3) is 5.82. The van der Waals surface area contributed by atoms with Crippen LogP contribution in [0, 0.1) is 18.3 Å². The predicted octanol–water partition coefficient (Wildman–Crippen LogP) is 4.92. The molecule has 0 unspecified atom stereocenters. The van der Waals surface area contributed by atoms with E-state index in [4.69, 9.17) is 4.98 Å². The van der Waals surface area contributed by atoms with Gasteiger partial charge in [-0.3, -0.25) is 14.6 Å². The Morgan fingerprint density at radius 2 is 1.68 bits per heavy atom. The van der Waals surface area contributed by atoms with Gasteiger partial charge in [0.1, 0.15) is 5.82 Å². The van der Waals surface area contributed by atoms with E-state index in [0.29, 0.717) is 39.8 Å². The first-order chi connectivity index (χ1) is 17.7. The number of aromatic nitrogens is 4. The van der Waals surface area contributed by atoms with Crippen LogP contribution in [0.25, 0.3) is 22.6 Å². The van der Waals surface area contributed by atoms with E-state index in [9.17, 15) is 14.9 Å². The van der Waals surface area contributed by atoms with E-state index in [-0.39, 0.29) is 11.8 Å². The Morgan fingerprint density at radius 1 is 0.919 bits per heavy atom. The van der Waals surface area contributed by atoms with Crippen molar-refractivity contribution in [1.29, 1.82) is 5.26 Å². The number of aryl methyl sites for hydroxylation is 1. The molecule has 3 aromatic heterocycles. The molecule has 0 aliphatic rings. The molecule has 9 heteroatoms. The standard InChI is InChI=1S/C28H25N7O2/c1-17-5-6-21(34-27(37)20-8-10-30-24(13-20)28(3,4)16-29)15-22(17)23-9-12-32-26(35-23)19-7-11-31-25(14-19)33-18(2)36/h5-15H,1-4H3,(H,34,37)(H,31,33,36). The van der Waals surface area contributed by atoms with E-state index >= 15 is 0 Å². The van der Waals surface area contributed by atoms with E-state index in [0.717, 1.165) is 11.1 Å². The highest BCUT2D eigenvalue weighted by Gasteiger charge is 2.22. The van der Waals surface area contributed by atoms with Crippen LogP contribution in [0.1, 0.15) is 42.4 Å². The minimum Gasteiger partial charge on any atom is -0.322 e. The van der Waals surface area contributed by atoms with E-state index in [1.807, 2.05) is 25.1 Å². The first kappa shape index (κ1) is 25.1. The lowest BCUT2D eigenvalue weighted by Gasteiger charge is -2.15. The summed E-state index contributed by atoms with van der Waals surface area (Å²) in [6, 6.07) is 16.3. The van der Waals surface area contributed by atoms with E-state index in [1.54, 1.807) is 56.6 Å². The van der Waals surface area contributed by atoms with Gasteiger partial charge in [-0.15, -0.1) is 0 Å². The maximum atomic E-state index is 13.0. The largest absolute Gasteiger partial charge is 0.322 e. The second-order valence-corrected chi connectivity index (χ2v) is 9.03. The van der Waals surface area contributed by atoms with Crippen molar-refractivity contribution in [2.24, 2.45) is 0 Å². The molecule has 0 radical (unpaired) electrons. The van der Waals surface area contributed by atoms with Gasteiger partial charge in [0, 0.05) is 47.9 Å². The predicted molar refractivity (Wildman–Crippen MR) is 141 cm³/mol. The molecule has 4 aromatic rings. The molecule has 3 heterocycles. The van der Waals surface area contributed by atoms with Crippen LogP contribution in [0.4, 0.5) is 11.5 Å². The normalized spacial score (nSPS) is 10.9. The number of carbonyl (C=O) groups is 2. The topological polar surface area (TPSA) is 134 Å². The van der Waals surface area contributed by atoms with Crippen molar-refractivity contribution in [2.45, 2.75) is 33.1 Å². The first-order valence-corrected chi connectivity index (χ1v) is 11.5. The Balaban J connectivity index is 1.61. The molecular weight excluding hydrogens is 466 g/mol. The molecule has 9 nitrogen and oxygen atoms in total. The molecule has 0 atom stereocenters. The maximum Gasteiger partial charge on any atom is 0.255 e. The highest BCUT2D eigenvalue weighted by atomic mass is 16.2. The summed E-state index contributed by atoms with van der Waals surface area (Å²) in [7, 11) is 0. The molecule has 0 aliphatic heterocycles. The van der Waals surface area contributed by atoms with Crippen molar-refractivity contribution in [3.63, 3.8) is 0 Å². The Kier molecular flexibility index (Phi) is 7.02. The molecule has 0 saturated carbocycles. The van der Waals surface area contributed by atoms with Gasteiger partial charge in [0.25, 0.3) is 5.91 Å². The number of rotatable bonds is 6. The highest BCUT2D eigenvalue weighted by Crippen LogP contribution is 2.28. The summed E-state index contributed by atoms with van der Waals surface area (Å²) in [4.78, 5) is 41.8. The molecule has 0 fully saturated rings. The third-order valence-electron chi connectivity index (χ3n) is 5.69. The summed E-state index contributed by atoms with van der Waals surface area (Å²) in [6.45, 7) is 6.89. The lowest BCUT2D eigenvalue weighted by Crippen LogP contribution is -2.18. The fraction of sp³-hybridized carbons (Fsp3) is 0.179. The molecule has 0 aliphatic carbocycles. The number of pyridine rings is 2. The third-order valence-corrected chi connectivity index (χ3v) is 5.69. The summed E-state index contributed by atoms with van der Waals surface area (Å²) in [5.74, 6) is 0.366. The van der Waals surface area contributed by atoms with Crippen LogP contribution >= 0.6 is 0 Å². The van der Waals surface area contributed by atoms with E-state index in [1.165, 1.54) is 13.1 Å². The molecule has 0 spiro atoms. The molecule has 0 saturated heterocycles. The second-order valence-electron chi connectivity index (χ2n) is 9.03. The summed E-state index contributed by atoms with van der Waals surface area (Å²) in [6.07, 6.45) is 4.78. The van der Waals surface area contributed by atoms with Gasteiger partial charge in [-0.2, -0.15) is 5.26 Å². The quantitative estimate of drug-likeness (QED) is 0.391. The Bertz CT molecular complexity index is 1540. The van der Waals surface area contributed by atoms with Crippen LogP contribution in [0.2, 0.25) is 0 Å². The molecule has 4 rings (SSSR count). The van der Waals surface area contributed by atoms with Crippen LogP contribution in [0.5, 0.6) is 0 Å². The van der Waals surface area contributed by atoms with Crippen LogP contribution in [-0.2, 0) is 10.2 Å². The van der Waals surface area contributed by atoms with Crippen LogP contribution in [0.3, 0.4) is 0 Å². The number of anilines is 2. The Labute approximate surface area is 214 Å². The number of nitrogens with one attached hydrogen (secondary N) is 2. The fourth-order valence-electron chi connectivity index (χ4n) is 3.62. The zero-order valence-electron chi connectivity index (χ0n) is 20.9. The molecule has 184 valence electrons. The van der Waals surface area contributed by atoms with Crippen molar-refractivity contribution in [2.75, 3.05) is 10.6 Å². The fourth-order valence-corrected chi connectivity index (χ4v) is 3.62. The van der Waals surface area contributed by atoms with Gasteiger partial charge >= 0.3 is 0 Å². The molecule has 0 bridgehead atoms. The van der Waals surface area contributed by atoms with Gasteiger partial charge in [-0.1, -0.05) is 6.07 Å². The summed E-state index contributed by atoms with van der Waals surface area (Å²) in [5, 5.41) is 15.0. The SMILES string of the molecule is CC(=O)Nc1cc(-c2nccc(-c3cc(NC(=O)c4ccnc(C(C)(C)C#N)c4)ccc3C)n2)ccn1. The maximum absolute atomic E-state index is 13.0. The summed E-state index contributed by atoms with van der Waals surface area (Å²) < 4.78 is 0. The van der Waals surface area contributed by atoms with Gasteiger partial charge < -0.3 is 10.6 Å². The lowest BCUT2D eigenvalue weighted by molar-refractivity contribution is -0.114. The van der Waals surface area contributed by atoms with Crippen molar-refractivity contribution in [1.82, 2.24) is 19.9 Å². The number of amides is 2. The van der Waals surface area contributed by atoms with Gasteiger partial charge in [-0.05, 0) is 68.8 Å². The van der Waals surface area contributed by atoms with E-state index in [2.05, 4.69) is 31.7 Å². The van der Waals surface area contributed by atoms with Crippen LogP contribution < -0.4 is 10.6 Å². The molecule has 2 N–H and O–H groups in total. The number of carbonyl (C=O) groups excluding carboxylic acids is 2. The average Bonchev–Trinajstić information content (AvgIpc) is 2.89. The van der Waals surface area contributed by atoms with Crippen molar-refractivity contribution < 1.29 is 9.59 Å². The smallest absolute Gasteiger partial charge is 0.255 e. The number of hydrogen-bond acceptors (Lipinski definition) is 7. The number of nitriles is 1. The average molecular weight is 492 g/mol. The number of benzene rings is 1. The zero-order chi connectivity index (χ0) is 26.6. The molecular formula is C28H25N7O2.